The van der Waals surface area contributed by atoms with Gasteiger partial charge < -0.3 is 0 Å². The van der Waals surface area contributed by atoms with Crippen LogP contribution in [-0.4, -0.2) is 9.97 Å². The minimum atomic E-state index is 1.43. The van der Waals surface area contributed by atoms with E-state index in [9.17, 15) is 0 Å². The first-order valence-electron chi connectivity index (χ1n) is 3.87. The SMILES string of the molecule is CC#N.CC#N.CC#N.c1cnccn1. The minimum absolute atomic E-state index is 1.43. The van der Waals surface area contributed by atoms with Crippen LogP contribution in [-0.2, 0) is 0 Å². The van der Waals surface area contributed by atoms with E-state index in [-0.39, 0.29) is 0 Å². The Balaban J connectivity index is -0.000000140. The monoisotopic (exact) mass is 203 g/mol. The van der Waals surface area contributed by atoms with Crippen LogP contribution in [0.25, 0.3) is 0 Å². The zero-order valence-electron chi connectivity index (χ0n) is 9.05. The summed E-state index contributed by atoms with van der Waals surface area (Å²) in [5, 5.41) is 22.0. The van der Waals surface area contributed by atoms with Crippen molar-refractivity contribution in [1.82, 2.24) is 9.97 Å². The van der Waals surface area contributed by atoms with Crippen molar-refractivity contribution in [2.45, 2.75) is 20.8 Å². The lowest BCUT2D eigenvalue weighted by Gasteiger charge is -1.70. The molecule has 0 fully saturated rings. The maximum Gasteiger partial charge on any atom is 0.0587 e. The first-order chi connectivity index (χ1) is 7.24. The zero-order valence-corrected chi connectivity index (χ0v) is 9.05. The molecule has 0 unspecified atom stereocenters. The van der Waals surface area contributed by atoms with Crippen LogP contribution in [0.3, 0.4) is 0 Å². The molecule has 1 rings (SSSR count). The average Bonchev–Trinajstić information content (AvgIpc) is 2.24. The van der Waals surface area contributed by atoms with Crippen molar-refractivity contribution < 1.29 is 0 Å². The van der Waals surface area contributed by atoms with Crippen LogP contribution in [0, 0.1) is 34.0 Å². The van der Waals surface area contributed by atoms with Crippen LogP contribution >= 0.6 is 0 Å². The van der Waals surface area contributed by atoms with Crippen molar-refractivity contribution in [3.63, 3.8) is 0 Å². The maximum absolute atomic E-state index is 7.32. The van der Waals surface area contributed by atoms with Crippen molar-refractivity contribution in [3.05, 3.63) is 24.8 Å². The van der Waals surface area contributed by atoms with E-state index in [4.69, 9.17) is 15.8 Å². The van der Waals surface area contributed by atoms with Crippen LogP contribution in [0.5, 0.6) is 0 Å². The van der Waals surface area contributed by atoms with E-state index in [0.717, 1.165) is 0 Å². The molecule has 0 amide bonds. The van der Waals surface area contributed by atoms with Crippen molar-refractivity contribution in [3.8, 4) is 18.2 Å². The molecule has 0 saturated carbocycles. The van der Waals surface area contributed by atoms with E-state index in [1.165, 1.54) is 20.8 Å². The molecule has 0 saturated heterocycles. The molecule has 1 heterocycles. The van der Waals surface area contributed by atoms with Crippen molar-refractivity contribution in [2.24, 2.45) is 0 Å². The molecule has 0 spiro atoms. The van der Waals surface area contributed by atoms with E-state index in [1.807, 2.05) is 0 Å². The summed E-state index contributed by atoms with van der Waals surface area (Å²) >= 11 is 0. The van der Waals surface area contributed by atoms with Crippen LogP contribution in [0.4, 0.5) is 0 Å². The van der Waals surface area contributed by atoms with Crippen LogP contribution < -0.4 is 0 Å². The second-order valence-corrected chi connectivity index (χ2v) is 1.57. The lowest BCUT2D eigenvalue weighted by molar-refractivity contribution is 1.20. The summed E-state index contributed by atoms with van der Waals surface area (Å²) in [5.41, 5.74) is 0. The zero-order chi connectivity index (χ0) is 12.4. The molecule has 15 heavy (non-hydrogen) atoms. The standard InChI is InChI=1S/C4H4N2.3C2H3N/c1-2-6-4-3-5-1;3*1-2-3/h1-4H;3*1H3. The second-order valence-electron chi connectivity index (χ2n) is 1.57. The third-order valence-corrected chi connectivity index (χ3v) is 0.478. The topological polar surface area (TPSA) is 97.2 Å². The highest BCUT2D eigenvalue weighted by Gasteiger charge is 1.59. The largest absolute Gasteiger partial charge is 0.262 e. The van der Waals surface area contributed by atoms with Crippen LogP contribution in [0.15, 0.2) is 24.8 Å². The Labute approximate surface area is 90.3 Å². The Morgan fingerprint density at radius 3 is 0.867 bits per heavy atom. The molecule has 0 aliphatic heterocycles. The smallest absolute Gasteiger partial charge is 0.0587 e. The summed E-state index contributed by atoms with van der Waals surface area (Å²) in [6.45, 7) is 4.29. The quantitative estimate of drug-likeness (QED) is 0.642. The van der Waals surface area contributed by atoms with Gasteiger partial charge >= 0.3 is 0 Å². The van der Waals surface area contributed by atoms with Crippen molar-refractivity contribution in [2.75, 3.05) is 0 Å². The normalized spacial score (nSPS) is 4.80. The van der Waals surface area contributed by atoms with E-state index in [0.29, 0.717) is 0 Å². The van der Waals surface area contributed by atoms with E-state index >= 15 is 0 Å². The van der Waals surface area contributed by atoms with Gasteiger partial charge in [-0.1, -0.05) is 0 Å². The number of nitrogens with zero attached hydrogens (tertiary/aromatic N) is 5. The van der Waals surface area contributed by atoms with E-state index in [1.54, 1.807) is 43.0 Å². The predicted octanol–water partition coefficient (Wildman–Crippen LogP) is 2.07. The highest BCUT2D eigenvalue weighted by atomic mass is 14.7. The van der Waals surface area contributed by atoms with Gasteiger partial charge in [-0.15, -0.1) is 0 Å². The molecule has 0 aliphatic carbocycles. The molecule has 0 radical (unpaired) electrons. The highest BCUT2D eigenvalue weighted by Crippen LogP contribution is 1.65. The third-order valence-electron chi connectivity index (χ3n) is 0.478. The van der Waals surface area contributed by atoms with E-state index in [2.05, 4.69) is 9.97 Å². The molecule has 0 N–H and O–H groups in total. The molecule has 78 valence electrons. The molecule has 0 aliphatic rings. The summed E-state index contributed by atoms with van der Waals surface area (Å²) in [6.07, 6.45) is 6.56. The Morgan fingerprint density at radius 2 is 0.800 bits per heavy atom. The fraction of sp³-hybridized carbons (Fsp3) is 0.300. The van der Waals surface area contributed by atoms with Crippen molar-refractivity contribution >= 4 is 0 Å². The van der Waals surface area contributed by atoms with Gasteiger partial charge in [0.1, 0.15) is 0 Å². The van der Waals surface area contributed by atoms with Gasteiger partial charge in [0, 0.05) is 45.6 Å². The van der Waals surface area contributed by atoms with Crippen molar-refractivity contribution in [1.29, 1.82) is 15.8 Å². The number of rotatable bonds is 0. The summed E-state index contributed by atoms with van der Waals surface area (Å²) < 4.78 is 0. The molecule has 5 nitrogen and oxygen atoms in total. The number of hydrogen-bond donors (Lipinski definition) is 0. The van der Waals surface area contributed by atoms with Gasteiger partial charge in [-0.25, -0.2) is 0 Å². The number of aromatic nitrogens is 2. The first-order valence-corrected chi connectivity index (χ1v) is 3.87. The van der Waals surface area contributed by atoms with Crippen LogP contribution in [0.2, 0.25) is 0 Å². The van der Waals surface area contributed by atoms with Gasteiger partial charge in [0.05, 0.1) is 18.2 Å². The van der Waals surface area contributed by atoms with Gasteiger partial charge in [-0.05, 0) is 0 Å². The molecular weight excluding hydrogens is 190 g/mol. The summed E-state index contributed by atoms with van der Waals surface area (Å²) in [4.78, 5) is 7.44. The van der Waals surface area contributed by atoms with Gasteiger partial charge in [0.2, 0.25) is 0 Å². The lowest BCUT2D eigenvalue weighted by atomic mass is 10.8. The lowest BCUT2D eigenvalue weighted by Crippen LogP contribution is -1.66. The number of hydrogen-bond acceptors (Lipinski definition) is 5. The molecule has 1 aromatic rings. The molecule has 1 aromatic heterocycles. The summed E-state index contributed by atoms with van der Waals surface area (Å²) in [6, 6.07) is 5.25. The number of nitriles is 3. The Hall–Kier alpha value is -2.45. The van der Waals surface area contributed by atoms with Gasteiger partial charge in [-0.3, -0.25) is 9.97 Å². The predicted molar refractivity (Wildman–Crippen MR) is 55.9 cm³/mol. The Morgan fingerprint density at radius 1 is 0.667 bits per heavy atom. The Bertz CT molecular complexity index is 246. The summed E-state index contributed by atoms with van der Waals surface area (Å²) in [7, 11) is 0. The average molecular weight is 203 g/mol. The summed E-state index contributed by atoms with van der Waals surface area (Å²) in [5.74, 6) is 0. The van der Waals surface area contributed by atoms with Gasteiger partial charge in [0.25, 0.3) is 0 Å². The molecule has 0 bridgehead atoms. The fourth-order valence-corrected chi connectivity index (χ4v) is 0.253. The van der Waals surface area contributed by atoms with Crippen LogP contribution in [0.1, 0.15) is 20.8 Å². The molecule has 5 heteroatoms. The highest BCUT2D eigenvalue weighted by molar-refractivity contribution is 4.70. The van der Waals surface area contributed by atoms with E-state index < -0.39 is 0 Å². The van der Waals surface area contributed by atoms with Gasteiger partial charge in [-0.2, -0.15) is 15.8 Å². The Kier molecular flexibility index (Phi) is 36.7. The minimum Gasteiger partial charge on any atom is -0.262 e. The second kappa shape index (κ2) is 30.0. The molecule has 0 atom stereocenters. The first kappa shape index (κ1) is 18.4. The fourth-order valence-electron chi connectivity index (χ4n) is 0.253. The van der Waals surface area contributed by atoms with Gasteiger partial charge in [0.15, 0.2) is 0 Å². The third kappa shape index (κ3) is 83.6. The molecule has 0 aromatic carbocycles. The molecular formula is C10H13N5. The maximum atomic E-state index is 7.32.